The lowest BCUT2D eigenvalue weighted by Crippen LogP contribution is -2.56. The molecule has 42 heavy (non-hydrogen) atoms. The highest BCUT2D eigenvalue weighted by Crippen LogP contribution is 2.36. The number of pyridine rings is 1. The van der Waals surface area contributed by atoms with E-state index in [1.54, 1.807) is 18.6 Å². The van der Waals surface area contributed by atoms with Crippen molar-refractivity contribution in [2.24, 2.45) is 5.73 Å². The van der Waals surface area contributed by atoms with Crippen LogP contribution in [-0.4, -0.2) is 81.4 Å². The molecule has 0 bridgehead atoms. The molecule has 4 aromatic heterocycles. The SMILES string of the molecule is CN(C)CCOc1cc(F)cc(-c2cccc3[nH]c(-c4n[nH]c5ncc(-c6cncc(N7CC(N)C7)n6)cc45)cc23)c1. The van der Waals surface area contributed by atoms with Crippen molar-refractivity contribution in [2.75, 3.05) is 45.2 Å². The number of nitrogens with one attached hydrogen (secondary N) is 2. The lowest BCUT2D eigenvalue weighted by Gasteiger charge is -2.37. The smallest absolute Gasteiger partial charge is 0.155 e. The normalized spacial score (nSPS) is 13.8. The highest BCUT2D eigenvalue weighted by Gasteiger charge is 2.25. The lowest BCUT2D eigenvalue weighted by molar-refractivity contribution is 0.260. The molecule has 0 radical (unpaired) electrons. The lowest BCUT2D eigenvalue weighted by atomic mass is 10.0. The topological polar surface area (TPSA) is 125 Å². The molecule has 1 aliphatic heterocycles. The number of anilines is 1. The molecule has 11 heteroatoms. The van der Waals surface area contributed by atoms with E-state index in [1.807, 2.05) is 55.4 Å². The summed E-state index contributed by atoms with van der Waals surface area (Å²) >= 11 is 0. The first-order valence-corrected chi connectivity index (χ1v) is 13.8. The molecule has 0 aliphatic carbocycles. The maximum atomic E-state index is 14.7. The predicted octanol–water partition coefficient (Wildman–Crippen LogP) is 4.46. The third-order valence-electron chi connectivity index (χ3n) is 7.48. The van der Waals surface area contributed by atoms with Crippen LogP contribution in [0.5, 0.6) is 5.75 Å². The zero-order valence-corrected chi connectivity index (χ0v) is 23.3. The Morgan fingerprint density at radius 2 is 1.93 bits per heavy atom. The Morgan fingerprint density at radius 3 is 2.76 bits per heavy atom. The van der Waals surface area contributed by atoms with E-state index in [0.29, 0.717) is 18.0 Å². The molecule has 6 aromatic rings. The Bertz CT molecular complexity index is 1910. The zero-order valence-electron chi connectivity index (χ0n) is 23.3. The number of fused-ring (bicyclic) bond motifs is 2. The van der Waals surface area contributed by atoms with Crippen LogP contribution in [0, 0.1) is 5.82 Å². The van der Waals surface area contributed by atoms with Gasteiger partial charge in [0.15, 0.2) is 5.65 Å². The summed E-state index contributed by atoms with van der Waals surface area (Å²) in [6.45, 7) is 2.75. The number of nitrogens with two attached hydrogens (primary N) is 1. The predicted molar refractivity (Wildman–Crippen MR) is 162 cm³/mol. The fourth-order valence-electron chi connectivity index (χ4n) is 5.28. The molecular weight excluding hydrogens is 533 g/mol. The molecule has 10 nitrogen and oxygen atoms in total. The van der Waals surface area contributed by atoms with Gasteiger partial charge in [-0.2, -0.15) is 5.10 Å². The number of rotatable bonds is 8. The van der Waals surface area contributed by atoms with Gasteiger partial charge in [-0.3, -0.25) is 10.1 Å². The summed E-state index contributed by atoms with van der Waals surface area (Å²) in [6.07, 6.45) is 5.26. The third-order valence-corrected chi connectivity index (χ3v) is 7.48. The molecule has 2 aromatic carbocycles. The van der Waals surface area contributed by atoms with E-state index in [2.05, 4.69) is 30.0 Å². The van der Waals surface area contributed by atoms with Gasteiger partial charge >= 0.3 is 0 Å². The van der Waals surface area contributed by atoms with Crippen LogP contribution < -0.4 is 15.4 Å². The molecule has 7 rings (SSSR count). The van der Waals surface area contributed by atoms with Gasteiger partial charge in [-0.1, -0.05) is 12.1 Å². The van der Waals surface area contributed by atoms with E-state index in [9.17, 15) is 4.39 Å². The number of benzene rings is 2. The number of hydrogen-bond donors (Lipinski definition) is 3. The second-order valence-electron chi connectivity index (χ2n) is 10.9. The van der Waals surface area contributed by atoms with Crippen LogP contribution in [0.25, 0.3) is 55.7 Å². The van der Waals surface area contributed by atoms with Crippen LogP contribution in [0.15, 0.2) is 67.1 Å². The second kappa shape index (κ2) is 10.5. The van der Waals surface area contributed by atoms with Gasteiger partial charge in [-0.05, 0) is 55.6 Å². The maximum Gasteiger partial charge on any atom is 0.155 e. The maximum absolute atomic E-state index is 14.7. The molecule has 0 unspecified atom stereocenters. The molecule has 1 fully saturated rings. The first-order chi connectivity index (χ1) is 20.4. The largest absolute Gasteiger partial charge is 0.492 e. The van der Waals surface area contributed by atoms with Crippen LogP contribution in [-0.2, 0) is 0 Å². The van der Waals surface area contributed by atoms with Gasteiger partial charge in [0.1, 0.15) is 29.7 Å². The number of halogens is 1. The van der Waals surface area contributed by atoms with Crippen LogP contribution in [0.3, 0.4) is 0 Å². The standard InChI is InChI=1S/C31H30FN9O/c1-40(2)6-7-42-22-9-18(8-20(32)11-22)23-4-3-5-26-24(23)12-27(36-26)30-25-10-19(13-35-31(25)39-38-30)28-14-34-15-29(37-28)41-16-21(33)17-41/h3-5,8-15,21,36H,6-7,16-17,33H2,1-2H3,(H,35,38,39). The van der Waals surface area contributed by atoms with Gasteiger partial charge < -0.3 is 25.3 Å². The fourth-order valence-corrected chi connectivity index (χ4v) is 5.28. The molecule has 0 saturated carbocycles. The third kappa shape index (κ3) is 4.93. The molecule has 0 amide bonds. The Balaban J connectivity index is 1.24. The van der Waals surface area contributed by atoms with Crippen molar-refractivity contribution in [1.29, 1.82) is 0 Å². The van der Waals surface area contributed by atoms with Crippen molar-refractivity contribution < 1.29 is 9.13 Å². The van der Waals surface area contributed by atoms with Gasteiger partial charge in [0.2, 0.25) is 0 Å². The summed E-state index contributed by atoms with van der Waals surface area (Å²) in [4.78, 5) is 21.4. The van der Waals surface area contributed by atoms with Crippen LogP contribution >= 0.6 is 0 Å². The first-order valence-electron chi connectivity index (χ1n) is 13.8. The van der Waals surface area contributed by atoms with Gasteiger partial charge in [-0.15, -0.1) is 0 Å². The van der Waals surface area contributed by atoms with Gasteiger partial charge in [0.05, 0.1) is 23.8 Å². The summed E-state index contributed by atoms with van der Waals surface area (Å²) in [6, 6.07) is 15.0. The van der Waals surface area contributed by atoms with Crippen molar-refractivity contribution in [3.63, 3.8) is 0 Å². The van der Waals surface area contributed by atoms with Crippen molar-refractivity contribution >= 4 is 27.8 Å². The second-order valence-corrected chi connectivity index (χ2v) is 10.9. The van der Waals surface area contributed by atoms with Crippen molar-refractivity contribution in [2.45, 2.75) is 6.04 Å². The van der Waals surface area contributed by atoms with Crippen molar-refractivity contribution in [3.8, 4) is 39.5 Å². The van der Waals surface area contributed by atoms with Gasteiger partial charge in [-0.25, -0.2) is 14.4 Å². The minimum Gasteiger partial charge on any atom is -0.492 e. The number of likely N-dealkylation sites (N-methyl/N-ethyl adjacent to an activating group) is 1. The summed E-state index contributed by atoms with van der Waals surface area (Å²) in [5.74, 6) is 0.954. The van der Waals surface area contributed by atoms with Gasteiger partial charge in [0.25, 0.3) is 0 Å². The molecule has 0 spiro atoms. The van der Waals surface area contributed by atoms with E-state index in [0.717, 1.165) is 75.5 Å². The van der Waals surface area contributed by atoms with Crippen molar-refractivity contribution in [1.82, 2.24) is 35.0 Å². The number of aromatic amines is 2. The summed E-state index contributed by atoms with van der Waals surface area (Å²) < 4.78 is 20.5. The number of nitrogens with zero attached hydrogens (tertiary/aromatic N) is 6. The fraction of sp³-hybridized carbons (Fsp3) is 0.226. The van der Waals surface area contributed by atoms with Crippen LogP contribution in [0.2, 0.25) is 0 Å². The monoisotopic (exact) mass is 563 g/mol. The molecule has 5 heterocycles. The van der Waals surface area contributed by atoms with Crippen molar-refractivity contribution in [3.05, 3.63) is 72.9 Å². The Morgan fingerprint density at radius 1 is 1.05 bits per heavy atom. The van der Waals surface area contributed by atoms with E-state index in [4.69, 9.17) is 15.5 Å². The first kappa shape index (κ1) is 26.1. The van der Waals surface area contributed by atoms with Crippen LogP contribution in [0.4, 0.5) is 10.2 Å². The van der Waals surface area contributed by atoms with E-state index in [1.165, 1.54) is 12.1 Å². The van der Waals surface area contributed by atoms with Gasteiger partial charge in [0, 0.05) is 59.8 Å². The van der Waals surface area contributed by atoms with E-state index in [-0.39, 0.29) is 11.9 Å². The number of hydrogen-bond acceptors (Lipinski definition) is 8. The zero-order chi connectivity index (χ0) is 28.8. The molecule has 0 atom stereocenters. The summed E-state index contributed by atoms with van der Waals surface area (Å²) in [7, 11) is 3.95. The minimum absolute atomic E-state index is 0.170. The average molecular weight is 564 g/mol. The highest BCUT2D eigenvalue weighted by molar-refractivity contribution is 6.01. The van der Waals surface area contributed by atoms with Crippen LogP contribution in [0.1, 0.15) is 0 Å². The molecule has 4 N–H and O–H groups in total. The number of aromatic nitrogens is 6. The Hall–Kier alpha value is -4.87. The highest BCUT2D eigenvalue weighted by atomic mass is 19.1. The number of ether oxygens (including phenoxy) is 1. The summed E-state index contributed by atoms with van der Waals surface area (Å²) in [5, 5.41) is 9.43. The summed E-state index contributed by atoms with van der Waals surface area (Å²) in [5.41, 5.74) is 12.3. The number of H-pyrrole nitrogens is 2. The molecular formula is C31H30FN9O. The average Bonchev–Trinajstić information content (AvgIpc) is 3.59. The molecule has 1 saturated heterocycles. The van der Waals surface area contributed by atoms with E-state index >= 15 is 0 Å². The molecule has 212 valence electrons. The quantitative estimate of drug-likeness (QED) is 0.248. The van der Waals surface area contributed by atoms with E-state index < -0.39 is 0 Å². The Kier molecular flexibility index (Phi) is 6.52. The minimum atomic E-state index is -0.346. The Labute approximate surface area is 241 Å². The molecule has 1 aliphatic rings.